The Labute approximate surface area is 109 Å². The Morgan fingerprint density at radius 3 is 2.61 bits per heavy atom. The molecule has 0 aromatic rings. The van der Waals surface area contributed by atoms with E-state index in [0.29, 0.717) is 5.57 Å². The SMILES string of the molecule is C=C(C=O)C1CCC2(C)CCCC(C)(O)C2C1O. The van der Waals surface area contributed by atoms with Crippen molar-refractivity contribution in [3.63, 3.8) is 0 Å². The van der Waals surface area contributed by atoms with Crippen LogP contribution in [0.25, 0.3) is 0 Å². The molecule has 0 saturated heterocycles. The molecule has 0 radical (unpaired) electrons. The minimum atomic E-state index is -0.839. The van der Waals surface area contributed by atoms with Crippen LogP contribution in [0.3, 0.4) is 0 Å². The van der Waals surface area contributed by atoms with Gasteiger partial charge in [0.2, 0.25) is 0 Å². The Morgan fingerprint density at radius 2 is 2.00 bits per heavy atom. The maximum absolute atomic E-state index is 10.9. The van der Waals surface area contributed by atoms with Crippen LogP contribution in [0.1, 0.15) is 46.0 Å². The van der Waals surface area contributed by atoms with Gasteiger partial charge in [-0.05, 0) is 43.6 Å². The van der Waals surface area contributed by atoms with Crippen LogP contribution >= 0.6 is 0 Å². The number of aliphatic hydroxyl groups is 2. The highest BCUT2D eigenvalue weighted by Crippen LogP contribution is 2.56. The van der Waals surface area contributed by atoms with E-state index >= 15 is 0 Å². The van der Waals surface area contributed by atoms with E-state index in [2.05, 4.69) is 13.5 Å². The van der Waals surface area contributed by atoms with Crippen LogP contribution in [-0.4, -0.2) is 28.2 Å². The van der Waals surface area contributed by atoms with Gasteiger partial charge in [-0.3, -0.25) is 4.79 Å². The minimum absolute atomic E-state index is 0.0131. The zero-order valence-corrected chi connectivity index (χ0v) is 11.4. The highest BCUT2D eigenvalue weighted by molar-refractivity contribution is 5.73. The van der Waals surface area contributed by atoms with Crippen molar-refractivity contribution in [2.24, 2.45) is 17.3 Å². The summed E-state index contributed by atoms with van der Waals surface area (Å²) in [4.78, 5) is 10.9. The van der Waals surface area contributed by atoms with E-state index in [-0.39, 0.29) is 17.3 Å². The summed E-state index contributed by atoms with van der Waals surface area (Å²) in [6, 6.07) is 0. The molecule has 2 saturated carbocycles. The second-order valence-electron chi connectivity index (χ2n) is 6.67. The van der Waals surface area contributed by atoms with E-state index < -0.39 is 11.7 Å². The highest BCUT2D eigenvalue weighted by Gasteiger charge is 2.55. The number of carbonyl (C=O) groups is 1. The molecule has 2 aliphatic rings. The molecule has 0 aliphatic heterocycles. The van der Waals surface area contributed by atoms with Gasteiger partial charge >= 0.3 is 0 Å². The van der Waals surface area contributed by atoms with Gasteiger partial charge in [-0.2, -0.15) is 0 Å². The smallest absolute Gasteiger partial charge is 0.145 e. The van der Waals surface area contributed by atoms with Gasteiger partial charge in [0, 0.05) is 11.8 Å². The molecule has 3 heteroatoms. The van der Waals surface area contributed by atoms with E-state index in [9.17, 15) is 15.0 Å². The van der Waals surface area contributed by atoms with Gasteiger partial charge in [-0.1, -0.05) is 19.9 Å². The topological polar surface area (TPSA) is 57.5 Å². The highest BCUT2D eigenvalue weighted by atomic mass is 16.3. The molecule has 5 unspecified atom stereocenters. The Hall–Kier alpha value is -0.670. The lowest BCUT2D eigenvalue weighted by molar-refractivity contribution is -0.174. The van der Waals surface area contributed by atoms with Gasteiger partial charge in [0.05, 0.1) is 11.7 Å². The third kappa shape index (κ3) is 2.04. The lowest BCUT2D eigenvalue weighted by Gasteiger charge is -2.56. The van der Waals surface area contributed by atoms with Crippen LogP contribution < -0.4 is 0 Å². The van der Waals surface area contributed by atoms with Crippen LogP contribution in [-0.2, 0) is 4.79 Å². The standard InChI is InChI=1S/C15H24O3/c1-10(9-16)11-5-8-14(2)6-4-7-15(3,18)13(14)12(11)17/h9,11-13,17-18H,1,4-8H2,2-3H3. The molecule has 0 spiro atoms. The number of aliphatic hydroxyl groups excluding tert-OH is 1. The summed E-state index contributed by atoms with van der Waals surface area (Å²) >= 11 is 0. The molecule has 18 heavy (non-hydrogen) atoms. The fraction of sp³-hybridized carbons (Fsp3) is 0.800. The van der Waals surface area contributed by atoms with E-state index in [1.54, 1.807) is 0 Å². The summed E-state index contributed by atoms with van der Waals surface area (Å²) < 4.78 is 0. The lowest BCUT2D eigenvalue weighted by Crippen LogP contribution is -2.58. The van der Waals surface area contributed by atoms with Crippen molar-refractivity contribution in [2.45, 2.75) is 57.7 Å². The first-order valence-electron chi connectivity index (χ1n) is 6.86. The third-order valence-electron chi connectivity index (χ3n) is 5.26. The molecule has 0 aromatic carbocycles. The predicted octanol–water partition coefficient (Wildman–Crippen LogP) is 2.07. The molecular formula is C15H24O3. The van der Waals surface area contributed by atoms with Crippen molar-refractivity contribution in [3.8, 4) is 0 Å². The van der Waals surface area contributed by atoms with E-state index in [0.717, 1.165) is 38.4 Å². The molecule has 0 heterocycles. The van der Waals surface area contributed by atoms with E-state index in [1.807, 2.05) is 6.92 Å². The summed E-state index contributed by atoms with van der Waals surface area (Å²) in [7, 11) is 0. The Kier molecular flexibility index (Phi) is 3.41. The first-order chi connectivity index (χ1) is 8.32. The first-order valence-corrected chi connectivity index (χ1v) is 6.86. The molecule has 2 aliphatic carbocycles. The van der Waals surface area contributed by atoms with Crippen molar-refractivity contribution >= 4 is 6.29 Å². The monoisotopic (exact) mass is 252 g/mol. The van der Waals surface area contributed by atoms with Crippen LogP contribution in [0, 0.1) is 17.3 Å². The number of aldehydes is 1. The van der Waals surface area contributed by atoms with Crippen molar-refractivity contribution in [2.75, 3.05) is 0 Å². The third-order valence-corrected chi connectivity index (χ3v) is 5.26. The van der Waals surface area contributed by atoms with Gasteiger partial charge in [0.15, 0.2) is 0 Å². The lowest BCUT2D eigenvalue weighted by atomic mass is 9.52. The maximum atomic E-state index is 10.9. The van der Waals surface area contributed by atoms with Gasteiger partial charge in [-0.25, -0.2) is 0 Å². The molecule has 2 N–H and O–H groups in total. The second kappa shape index (κ2) is 4.46. The number of hydrogen-bond acceptors (Lipinski definition) is 3. The van der Waals surface area contributed by atoms with Crippen LogP contribution in [0.4, 0.5) is 0 Å². The summed E-state index contributed by atoms with van der Waals surface area (Å²) in [6.07, 6.45) is 4.61. The van der Waals surface area contributed by atoms with Crippen LogP contribution in [0.15, 0.2) is 12.2 Å². The molecule has 0 aromatic heterocycles. The molecule has 2 fully saturated rings. The van der Waals surface area contributed by atoms with E-state index in [4.69, 9.17) is 0 Å². The fourth-order valence-electron chi connectivity index (χ4n) is 4.35. The summed E-state index contributed by atoms with van der Waals surface area (Å²) in [5, 5.41) is 21.2. The van der Waals surface area contributed by atoms with Crippen LogP contribution in [0.2, 0.25) is 0 Å². The van der Waals surface area contributed by atoms with Gasteiger partial charge in [0.25, 0.3) is 0 Å². The second-order valence-corrected chi connectivity index (χ2v) is 6.67. The number of carbonyl (C=O) groups excluding carboxylic acids is 1. The molecule has 0 amide bonds. The average molecular weight is 252 g/mol. The van der Waals surface area contributed by atoms with Gasteiger partial charge in [-0.15, -0.1) is 0 Å². The normalized spacial score (nSPS) is 48.3. The summed E-state index contributed by atoms with van der Waals surface area (Å²) in [5.74, 6) is -0.348. The van der Waals surface area contributed by atoms with Crippen molar-refractivity contribution < 1.29 is 15.0 Å². The quantitative estimate of drug-likeness (QED) is 0.584. The fourth-order valence-corrected chi connectivity index (χ4v) is 4.35. The van der Waals surface area contributed by atoms with Crippen LogP contribution in [0.5, 0.6) is 0 Å². The molecule has 2 rings (SSSR count). The van der Waals surface area contributed by atoms with Gasteiger partial charge in [0.1, 0.15) is 6.29 Å². The summed E-state index contributed by atoms with van der Waals surface area (Å²) in [5.41, 5.74) is -0.388. The largest absolute Gasteiger partial charge is 0.392 e. The average Bonchev–Trinajstić information content (AvgIpc) is 2.26. The zero-order chi connectivity index (χ0) is 13.6. The Bertz CT molecular complexity index is 361. The molecule has 3 nitrogen and oxygen atoms in total. The predicted molar refractivity (Wildman–Crippen MR) is 70.0 cm³/mol. The molecular weight excluding hydrogens is 228 g/mol. The summed E-state index contributed by atoms with van der Waals surface area (Å²) in [6.45, 7) is 7.73. The first kappa shape index (κ1) is 13.8. The minimum Gasteiger partial charge on any atom is -0.392 e. The van der Waals surface area contributed by atoms with Gasteiger partial charge < -0.3 is 10.2 Å². The number of rotatable bonds is 2. The maximum Gasteiger partial charge on any atom is 0.145 e. The Balaban J connectivity index is 2.31. The number of fused-ring (bicyclic) bond motifs is 1. The van der Waals surface area contributed by atoms with Crippen molar-refractivity contribution in [1.82, 2.24) is 0 Å². The van der Waals surface area contributed by atoms with Crippen molar-refractivity contribution in [3.05, 3.63) is 12.2 Å². The zero-order valence-electron chi connectivity index (χ0n) is 11.4. The van der Waals surface area contributed by atoms with Crippen molar-refractivity contribution in [1.29, 1.82) is 0 Å². The molecule has 5 atom stereocenters. The molecule has 102 valence electrons. The number of hydrogen-bond donors (Lipinski definition) is 2. The Morgan fingerprint density at radius 1 is 1.33 bits per heavy atom. The molecule has 0 bridgehead atoms. The van der Waals surface area contributed by atoms with E-state index in [1.165, 1.54) is 0 Å².